The molecule has 0 aromatic heterocycles. The Morgan fingerprint density at radius 1 is 1.57 bits per heavy atom. The zero-order chi connectivity index (χ0) is 10.1. The van der Waals surface area contributed by atoms with Crippen molar-refractivity contribution < 1.29 is 8.76 Å². The van der Waals surface area contributed by atoms with Gasteiger partial charge in [-0.15, -0.1) is 0 Å². The van der Waals surface area contributed by atoms with Crippen molar-refractivity contribution in [1.82, 2.24) is 0 Å². The van der Waals surface area contributed by atoms with E-state index in [9.17, 15) is 4.21 Å². The quantitative estimate of drug-likeness (QED) is 0.644. The van der Waals surface area contributed by atoms with Crippen molar-refractivity contribution in [3.05, 3.63) is 29.3 Å². The molecule has 0 aliphatic heterocycles. The number of nitrogens with two attached hydrogens (primary N) is 1. The Kier molecular flexibility index (Phi) is 2.54. The van der Waals surface area contributed by atoms with E-state index in [0.29, 0.717) is 5.69 Å². The minimum absolute atomic E-state index is 0.124. The standard InChI is InChI=1S/C9H12N2O2S/c10-9-4-1-6-5-7(11-14(12)13)2-3-8(6)9/h2-3,5,9,11H,1,4,10H2,(H,12,13)/t9-/m1/s1. The molecule has 4 N–H and O–H groups in total. The molecule has 0 radical (unpaired) electrons. The first-order valence-corrected chi connectivity index (χ1v) is 5.53. The molecule has 76 valence electrons. The second kappa shape index (κ2) is 3.68. The van der Waals surface area contributed by atoms with Crippen LogP contribution in [0.1, 0.15) is 23.6 Å². The van der Waals surface area contributed by atoms with Crippen LogP contribution in [0.2, 0.25) is 0 Å². The maximum absolute atomic E-state index is 10.5. The Hall–Kier alpha value is -0.910. The Bertz CT molecular complexity index is 381. The van der Waals surface area contributed by atoms with Gasteiger partial charge in [0.2, 0.25) is 0 Å². The van der Waals surface area contributed by atoms with E-state index in [0.717, 1.165) is 18.4 Å². The maximum Gasteiger partial charge on any atom is 0.259 e. The molecule has 0 bridgehead atoms. The number of fused-ring (bicyclic) bond motifs is 1. The summed E-state index contributed by atoms with van der Waals surface area (Å²) in [5.41, 5.74) is 8.86. The highest BCUT2D eigenvalue weighted by Crippen LogP contribution is 2.31. The number of nitrogens with one attached hydrogen (secondary N) is 1. The van der Waals surface area contributed by atoms with Gasteiger partial charge < -0.3 is 5.73 Å². The number of anilines is 1. The first kappa shape index (κ1) is 9.64. The molecule has 0 fully saturated rings. The molecule has 0 saturated carbocycles. The van der Waals surface area contributed by atoms with Gasteiger partial charge in [-0.25, -0.2) is 4.21 Å². The van der Waals surface area contributed by atoms with E-state index in [1.54, 1.807) is 6.07 Å². The summed E-state index contributed by atoms with van der Waals surface area (Å²) in [5, 5.41) is 0. The van der Waals surface area contributed by atoms with Crippen molar-refractivity contribution in [2.75, 3.05) is 4.72 Å². The number of hydrogen-bond acceptors (Lipinski definition) is 2. The topological polar surface area (TPSA) is 75.3 Å². The summed E-state index contributed by atoms with van der Waals surface area (Å²) < 4.78 is 21.6. The Morgan fingerprint density at radius 2 is 2.36 bits per heavy atom. The largest absolute Gasteiger partial charge is 0.324 e. The molecule has 0 heterocycles. The molecule has 0 spiro atoms. The van der Waals surface area contributed by atoms with E-state index in [-0.39, 0.29) is 6.04 Å². The van der Waals surface area contributed by atoms with E-state index in [1.807, 2.05) is 12.1 Å². The molecule has 0 saturated heterocycles. The molecule has 1 aliphatic carbocycles. The summed E-state index contributed by atoms with van der Waals surface area (Å²) in [5.74, 6) is 0. The van der Waals surface area contributed by atoms with E-state index in [2.05, 4.69) is 4.72 Å². The minimum Gasteiger partial charge on any atom is -0.324 e. The maximum atomic E-state index is 10.5. The van der Waals surface area contributed by atoms with Gasteiger partial charge in [0, 0.05) is 11.7 Å². The van der Waals surface area contributed by atoms with Gasteiger partial charge in [-0.3, -0.25) is 9.27 Å². The van der Waals surface area contributed by atoms with Gasteiger partial charge >= 0.3 is 0 Å². The van der Waals surface area contributed by atoms with Crippen LogP contribution >= 0.6 is 0 Å². The molecule has 1 aliphatic rings. The fourth-order valence-electron chi connectivity index (χ4n) is 1.81. The third-order valence-electron chi connectivity index (χ3n) is 2.47. The van der Waals surface area contributed by atoms with Gasteiger partial charge in [0.15, 0.2) is 0 Å². The first-order chi connectivity index (χ1) is 6.66. The molecular formula is C9H12N2O2S. The second-order valence-electron chi connectivity index (χ2n) is 3.41. The Balaban J connectivity index is 2.28. The van der Waals surface area contributed by atoms with Crippen molar-refractivity contribution in [1.29, 1.82) is 0 Å². The molecule has 5 heteroatoms. The highest BCUT2D eigenvalue weighted by atomic mass is 32.2. The highest BCUT2D eigenvalue weighted by Gasteiger charge is 2.18. The fraction of sp³-hybridized carbons (Fsp3) is 0.333. The average molecular weight is 212 g/mol. The molecule has 14 heavy (non-hydrogen) atoms. The summed E-state index contributed by atoms with van der Waals surface area (Å²) in [6, 6.07) is 5.70. The van der Waals surface area contributed by atoms with Gasteiger partial charge in [0.05, 0.1) is 0 Å². The third kappa shape index (κ3) is 1.79. The van der Waals surface area contributed by atoms with Crippen LogP contribution in [0.15, 0.2) is 18.2 Å². The first-order valence-electron chi connectivity index (χ1n) is 4.43. The summed E-state index contributed by atoms with van der Waals surface area (Å²) >= 11 is -2.00. The second-order valence-corrected chi connectivity index (χ2v) is 4.11. The lowest BCUT2D eigenvalue weighted by Crippen LogP contribution is -2.06. The van der Waals surface area contributed by atoms with Crippen molar-refractivity contribution in [2.45, 2.75) is 18.9 Å². The van der Waals surface area contributed by atoms with Crippen molar-refractivity contribution in [2.24, 2.45) is 5.73 Å². The lowest BCUT2D eigenvalue weighted by Gasteiger charge is -2.06. The smallest absolute Gasteiger partial charge is 0.259 e. The van der Waals surface area contributed by atoms with Crippen LogP contribution in [0.4, 0.5) is 5.69 Å². The fourth-order valence-corrected chi connectivity index (χ4v) is 2.14. The predicted octanol–water partition coefficient (Wildman–Crippen LogP) is 1.18. The van der Waals surface area contributed by atoms with Crippen LogP contribution < -0.4 is 10.5 Å². The van der Waals surface area contributed by atoms with Crippen LogP contribution in [0.5, 0.6) is 0 Å². The number of rotatable bonds is 2. The van der Waals surface area contributed by atoms with Gasteiger partial charge in [-0.05, 0) is 36.1 Å². The van der Waals surface area contributed by atoms with Crippen molar-refractivity contribution >= 4 is 17.0 Å². The normalized spacial score (nSPS) is 21.7. The van der Waals surface area contributed by atoms with Gasteiger partial charge in [-0.1, -0.05) is 6.07 Å². The van der Waals surface area contributed by atoms with Crippen LogP contribution in [0, 0.1) is 0 Å². The molecule has 1 aromatic rings. The van der Waals surface area contributed by atoms with Crippen LogP contribution in [-0.4, -0.2) is 8.76 Å². The number of benzene rings is 1. The molecule has 0 amide bonds. The zero-order valence-corrected chi connectivity index (χ0v) is 8.38. The third-order valence-corrected chi connectivity index (χ3v) is 2.88. The van der Waals surface area contributed by atoms with Crippen molar-refractivity contribution in [3.63, 3.8) is 0 Å². The van der Waals surface area contributed by atoms with Crippen LogP contribution in [0.3, 0.4) is 0 Å². The summed E-state index contributed by atoms with van der Waals surface area (Å²) in [7, 11) is 0. The van der Waals surface area contributed by atoms with E-state index in [4.69, 9.17) is 10.3 Å². The predicted molar refractivity (Wildman–Crippen MR) is 56.1 cm³/mol. The number of aryl methyl sites for hydroxylation is 1. The van der Waals surface area contributed by atoms with Crippen LogP contribution in [0.25, 0.3) is 0 Å². The Morgan fingerprint density at radius 3 is 3.07 bits per heavy atom. The molecule has 2 rings (SSSR count). The molecule has 1 aromatic carbocycles. The molecule has 2 atom stereocenters. The summed E-state index contributed by atoms with van der Waals surface area (Å²) in [6.07, 6.45) is 1.91. The van der Waals surface area contributed by atoms with Crippen LogP contribution in [-0.2, 0) is 17.7 Å². The van der Waals surface area contributed by atoms with Gasteiger partial charge in [-0.2, -0.15) is 0 Å². The SMILES string of the molecule is N[C@@H]1CCc2cc(NS(=O)O)ccc21. The van der Waals surface area contributed by atoms with Gasteiger partial charge in [0.25, 0.3) is 11.3 Å². The van der Waals surface area contributed by atoms with E-state index in [1.165, 1.54) is 5.56 Å². The monoisotopic (exact) mass is 212 g/mol. The average Bonchev–Trinajstić information content (AvgIpc) is 2.46. The minimum atomic E-state index is -2.00. The molecule has 4 nitrogen and oxygen atoms in total. The van der Waals surface area contributed by atoms with E-state index >= 15 is 0 Å². The summed E-state index contributed by atoms with van der Waals surface area (Å²) in [6.45, 7) is 0. The lowest BCUT2D eigenvalue weighted by atomic mass is 10.1. The van der Waals surface area contributed by atoms with Gasteiger partial charge in [0.1, 0.15) is 0 Å². The zero-order valence-electron chi connectivity index (χ0n) is 7.56. The molecular weight excluding hydrogens is 200 g/mol. The van der Waals surface area contributed by atoms with Crippen molar-refractivity contribution in [3.8, 4) is 0 Å². The summed E-state index contributed by atoms with van der Waals surface area (Å²) in [4.78, 5) is 0. The highest BCUT2D eigenvalue weighted by molar-refractivity contribution is 7.80. The Labute approximate surface area is 84.9 Å². The molecule has 1 unspecified atom stereocenters. The number of hydrogen-bond donors (Lipinski definition) is 3. The van der Waals surface area contributed by atoms with E-state index < -0.39 is 11.3 Å². The lowest BCUT2D eigenvalue weighted by molar-refractivity contribution is 0.570.